The standard InChI is InChI=1S/C18H17FN2O3/c19-14-2-4-15(5-3-14)20-18(22)21-8-7-13(10-21)12-1-6-16-17(9-12)24-11-23-16/h1-6,9,13H,7-8,10-11H2,(H,20,22). The summed E-state index contributed by atoms with van der Waals surface area (Å²) in [4.78, 5) is 14.1. The van der Waals surface area contributed by atoms with Gasteiger partial charge in [-0.15, -0.1) is 0 Å². The lowest BCUT2D eigenvalue weighted by molar-refractivity contribution is 0.174. The van der Waals surface area contributed by atoms with Crippen LogP contribution in [0.25, 0.3) is 0 Å². The van der Waals surface area contributed by atoms with Crippen LogP contribution in [0.4, 0.5) is 14.9 Å². The zero-order chi connectivity index (χ0) is 16.5. The smallest absolute Gasteiger partial charge is 0.321 e. The molecule has 1 N–H and O–H groups in total. The van der Waals surface area contributed by atoms with Gasteiger partial charge >= 0.3 is 6.03 Å². The van der Waals surface area contributed by atoms with Crippen molar-refractivity contribution in [3.05, 3.63) is 53.8 Å². The quantitative estimate of drug-likeness (QED) is 0.917. The maximum atomic E-state index is 12.9. The van der Waals surface area contributed by atoms with Crippen LogP contribution < -0.4 is 14.8 Å². The molecular formula is C18H17FN2O3. The van der Waals surface area contributed by atoms with Crippen molar-refractivity contribution in [1.82, 2.24) is 4.90 Å². The van der Waals surface area contributed by atoms with Crippen LogP contribution in [0.2, 0.25) is 0 Å². The van der Waals surface area contributed by atoms with Crippen LogP contribution >= 0.6 is 0 Å². The molecule has 2 aliphatic heterocycles. The molecule has 0 radical (unpaired) electrons. The highest BCUT2D eigenvalue weighted by Gasteiger charge is 2.28. The van der Waals surface area contributed by atoms with E-state index in [-0.39, 0.29) is 24.6 Å². The summed E-state index contributed by atoms with van der Waals surface area (Å²) >= 11 is 0. The molecule has 1 fully saturated rings. The van der Waals surface area contributed by atoms with Gasteiger partial charge in [0.2, 0.25) is 6.79 Å². The van der Waals surface area contributed by atoms with E-state index in [1.807, 2.05) is 18.2 Å². The van der Waals surface area contributed by atoms with Crippen LogP contribution in [-0.2, 0) is 0 Å². The lowest BCUT2D eigenvalue weighted by Gasteiger charge is -2.17. The number of benzene rings is 2. The Morgan fingerprint density at radius 1 is 1.12 bits per heavy atom. The van der Waals surface area contributed by atoms with Crippen LogP contribution in [0.15, 0.2) is 42.5 Å². The Morgan fingerprint density at radius 3 is 2.75 bits per heavy atom. The fourth-order valence-corrected chi connectivity index (χ4v) is 3.12. The number of likely N-dealkylation sites (tertiary alicyclic amines) is 1. The van der Waals surface area contributed by atoms with E-state index in [0.717, 1.165) is 23.5 Å². The van der Waals surface area contributed by atoms with Crippen molar-refractivity contribution in [2.24, 2.45) is 0 Å². The van der Waals surface area contributed by atoms with E-state index in [0.29, 0.717) is 18.8 Å². The lowest BCUT2D eigenvalue weighted by atomic mass is 9.98. The van der Waals surface area contributed by atoms with Crippen LogP contribution in [-0.4, -0.2) is 30.8 Å². The Morgan fingerprint density at radius 2 is 1.92 bits per heavy atom. The fourth-order valence-electron chi connectivity index (χ4n) is 3.12. The maximum absolute atomic E-state index is 12.9. The van der Waals surface area contributed by atoms with Crippen molar-refractivity contribution < 1.29 is 18.7 Å². The van der Waals surface area contributed by atoms with Gasteiger partial charge in [-0.2, -0.15) is 0 Å². The van der Waals surface area contributed by atoms with Crippen LogP contribution in [0.5, 0.6) is 11.5 Å². The van der Waals surface area contributed by atoms with Crippen molar-refractivity contribution in [2.75, 3.05) is 25.2 Å². The molecule has 0 spiro atoms. The van der Waals surface area contributed by atoms with Gasteiger partial charge < -0.3 is 19.7 Å². The molecule has 5 nitrogen and oxygen atoms in total. The topological polar surface area (TPSA) is 50.8 Å². The van der Waals surface area contributed by atoms with Crippen molar-refractivity contribution in [3.63, 3.8) is 0 Å². The van der Waals surface area contributed by atoms with E-state index < -0.39 is 0 Å². The molecule has 4 rings (SSSR count). The van der Waals surface area contributed by atoms with Crippen molar-refractivity contribution in [2.45, 2.75) is 12.3 Å². The molecule has 124 valence electrons. The van der Waals surface area contributed by atoms with E-state index in [1.165, 1.54) is 12.1 Å². The Bertz CT molecular complexity index is 763. The van der Waals surface area contributed by atoms with Gasteiger partial charge in [0.1, 0.15) is 5.82 Å². The highest BCUT2D eigenvalue weighted by atomic mass is 19.1. The lowest BCUT2D eigenvalue weighted by Crippen LogP contribution is -2.32. The zero-order valence-electron chi connectivity index (χ0n) is 13.0. The average molecular weight is 328 g/mol. The van der Waals surface area contributed by atoms with E-state index >= 15 is 0 Å². The number of anilines is 1. The highest BCUT2D eigenvalue weighted by molar-refractivity contribution is 5.89. The Balaban J connectivity index is 1.40. The number of nitrogens with zero attached hydrogens (tertiary/aromatic N) is 1. The second kappa shape index (κ2) is 6.03. The SMILES string of the molecule is O=C(Nc1ccc(F)cc1)N1CCC(c2ccc3c(c2)OCO3)C1. The van der Waals surface area contributed by atoms with E-state index in [4.69, 9.17) is 9.47 Å². The third-order valence-corrected chi connectivity index (χ3v) is 4.44. The molecule has 6 heteroatoms. The minimum atomic E-state index is -0.322. The fraction of sp³-hybridized carbons (Fsp3) is 0.278. The molecule has 2 amide bonds. The van der Waals surface area contributed by atoms with Gasteiger partial charge in [-0.3, -0.25) is 0 Å². The van der Waals surface area contributed by atoms with Gasteiger partial charge in [0.25, 0.3) is 0 Å². The van der Waals surface area contributed by atoms with Crippen LogP contribution in [0.3, 0.4) is 0 Å². The predicted molar refractivity (Wildman–Crippen MR) is 86.9 cm³/mol. The third-order valence-electron chi connectivity index (χ3n) is 4.44. The van der Waals surface area contributed by atoms with Crippen LogP contribution in [0.1, 0.15) is 17.9 Å². The molecule has 1 atom stereocenters. The first-order valence-corrected chi connectivity index (χ1v) is 7.90. The zero-order valence-corrected chi connectivity index (χ0v) is 13.0. The summed E-state index contributed by atoms with van der Waals surface area (Å²) in [6.45, 7) is 1.59. The summed E-state index contributed by atoms with van der Waals surface area (Å²) in [6, 6.07) is 11.5. The number of rotatable bonds is 2. The van der Waals surface area contributed by atoms with Gasteiger partial charge in [0.05, 0.1) is 0 Å². The first-order valence-electron chi connectivity index (χ1n) is 7.90. The molecule has 2 aliphatic rings. The molecule has 0 aliphatic carbocycles. The number of ether oxygens (including phenoxy) is 2. The van der Waals surface area contributed by atoms with Gasteiger partial charge in [-0.1, -0.05) is 6.07 Å². The number of amides is 2. The number of nitrogens with one attached hydrogen (secondary N) is 1. The second-order valence-corrected chi connectivity index (χ2v) is 5.98. The van der Waals surface area contributed by atoms with Gasteiger partial charge in [0, 0.05) is 24.7 Å². The van der Waals surface area contributed by atoms with Crippen molar-refractivity contribution >= 4 is 11.7 Å². The number of hydrogen-bond donors (Lipinski definition) is 1. The molecule has 24 heavy (non-hydrogen) atoms. The first kappa shape index (κ1) is 14.8. The summed E-state index contributed by atoms with van der Waals surface area (Å²) < 4.78 is 23.7. The van der Waals surface area contributed by atoms with Gasteiger partial charge in [-0.25, -0.2) is 9.18 Å². The summed E-state index contributed by atoms with van der Waals surface area (Å²) in [5.41, 5.74) is 1.74. The number of hydrogen-bond acceptors (Lipinski definition) is 3. The second-order valence-electron chi connectivity index (χ2n) is 5.98. The monoisotopic (exact) mass is 328 g/mol. The molecule has 2 heterocycles. The normalized spacial score (nSPS) is 18.7. The van der Waals surface area contributed by atoms with Gasteiger partial charge in [0.15, 0.2) is 11.5 Å². The highest BCUT2D eigenvalue weighted by Crippen LogP contribution is 2.37. The summed E-state index contributed by atoms with van der Waals surface area (Å²) in [6.07, 6.45) is 0.899. The molecule has 0 bridgehead atoms. The van der Waals surface area contributed by atoms with Crippen molar-refractivity contribution in [1.29, 1.82) is 0 Å². The van der Waals surface area contributed by atoms with E-state index in [1.54, 1.807) is 17.0 Å². The number of fused-ring (bicyclic) bond motifs is 1. The van der Waals surface area contributed by atoms with Gasteiger partial charge in [-0.05, 0) is 48.4 Å². The number of carbonyl (C=O) groups is 1. The summed E-state index contributed by atoms with van der Waals surface area (Å²) in [5.74, 6) is 1.49. The molecule has 2 aromatic rings. The minimum Gasteiger partial charge on any atom is -0.454 e. The summed E-state index contributed by atoms with van der Waals surface area (Å²) in [7, 11) is 0. The number of halogens is 1. The Hall–Kier alpha value is -2.76. The third kappa shape index (κ3) is 2.87. The Labute approximate surface area is 139 Å². The molecular weight excluding hydrogens is 311 g/mol. The first-order chi connectivity index (χ1) is 11.7. The number of carbonyl (C=O) groups excluding carboxylic acids is 1. The average Bonchev–Trinajstić information content (AvgIpc) is 3.25. The molecule has 0 aromatic heterocycles. The molecule has 1 saturated heterocycles. The molecule has 2 aromatic carbocycles. The number of urea groups is 1. The Kier molecular flexibility index (Phi) is 3.72. The summed E-state index contributed by atoms with van der Waals surface area (Å²) in [5, 5.41) is 2.80. The minimum absolute atomic E-state index is 0.162. The van der Waals surface area contributed by atoms with E-state index in [2.05, 4.69) is 5.32 Å². The predicted octanol–water partition coefficient (Wildman–Crippen LogP) is 3.58. The van der Waals surface area contributed by atoms with Crippen LogP contribution in [0, 0.1) is 5.82 Å². The van der Waals surface area contributed by atoms with Crippen molar-refractivity contribution in [3.8, 4) is 11.5 Å². The van der Waals surface area contributed by atoms with E-state index in [9.17, 15) is 9.18 Å². The largest absolute Gasteiger partial charge is 0.454 e. The maximum Gasteiger partial charge on any atom is 0.321 e. The molecule has 0 saturated carbocycles. The molecule has 1 unspecified atom stereocenters.